The van der Waals surface area contributed by atoms with Crippen molar-refractivity contribution in [2.24, 2.45) is 11.3 Å². The van der Waals surface area contributed by atoms with Gasteiger partial charge in [0.15, 0.2) is 0 Å². The van der Waals surface area contributed by atoms with Crippen molar-refractivity contribution in [2.75, 3.05) is 5.32 Å². The van der Waals surface area contributed by atoms with Gasteiger partial charge in [-0.3, -0.25) is 0 Å². The first-order valence-corrected chi connectivity index (χ1v) is 7.65. The van der Waals surface area contributed by atoms with Gasteiger partial charge in [-0.15, -0.1) is 0 Å². The van der Waals surface area contributed by atoms with E-state index in [0.717, 1.165) is 12.1 Å². The Morgan fingerprint density at radius 3 is 2.67 bits per heavy atom. The molecule has 0 saturated heterocycles. The molecule has 0 aromatic heterocycles. The molecule has 1 saturated carbocycles. The number of hydrogen-bond acceptors (Lipinski definition) is 2. The van der Waals surface area contributed by atoms with Crippen molar-refractivity contribution in [3.8, 4) is 5.75 Å². The lowest BCUT2D eigenvalue weighted by atomic mass is 9.70. The Bertz CT molecular complexity index is 493. The standard InChI is InChI=1S/C16H22ClF2NO/c1-10-9-16(2,3)7-6-13(10)20-11-4-5-14(12(17)8-11)21-15(18)19/h4-5,8,10,13,15,20H,6-7,9H2,1-3H3. The third kappa shape index (κ3) is 4.47. The highest BCUT2D eigenvalue weighted by molar-refractivity contribution is 6.32. The summed E-state index contributed by atoms with van der Waals surface area (Å²) in [5.74, 6) is 0.569. The van der Waals surface area contributed by atoms with Crippen LogP contribution in [0.4, 0.5) is 14.5 Å². The number of alkyl halides is 2. The van der Waals surface area contributed by atoms with Crippen molar-refractivity contribution in [3.05, 3.63) is 23.2 Å². The Balaban J connectivity index is 2.02. The van der Waals surface area contributed by atoms with Crippen LogP contribution in [-0.4, -0.2) is 12.7 Å². The van der Waals surface area contributed by atoms with E-state index in [0.29, 0.717) is 17.4 Å². The lowest BCUT2D eigenvalue weighted by Gasteiger charge is -2.40. The molecule has 0 bridgehead atoms. The van der Waals surface area contributed by atoms with Crippen LogP contribution in [0.3, 0.4) is 0 Å². The second-order valence-electron chi connectivity index (χ2n) is 6.66. The molecule has 1 aliphatic carbocycles. The molecule has 1 N–H and O–H groups in total. The second kappa shape index (κ2) is 6.39. The normalized spacial score (nSPS) is 24.9. The molecular formula is C16H22ClF2NO. The van der Waals surface area contributed by atoms with Crippen molar-refractivity contribution >= 4 is 17.3 Å². The molecule has 118 valence electrons. The van der Waals surface area contributed by atoms with Crippen LogP contribution in [0.15, 0.2) is 18.2 Å². The topological polar surface area (TPSA) is 21.3 Å². The van der Waals surface area contributed by atoms with E-state index in [4.69, 9.17) is 11.6 Å². The quantitative estimate of drug-likeness (QED) is 0.784. The predicted molar refractivity (Wildman–Crippen MR) is 82.3 cm³/mol. The molecule has 21 heavy (non-hydrogen) atoms. The summed E-state index contributed by atoms with van der Waals surface area (Å²) >= 11 is 5.97. The molecule has 1 fully saturated rings. The zero-order chi connectivity index (χ0) is 15.6. The minimum absolute atomic E-state index is 0.00930. The zero-order valence-corrected chi connectivity index (χ0v) is 13.4. The van der Waals surface area contributed by atoms with Crippen LogP contribution in [0, 0.1) is 11.3 Å². The predicted octanol–water partition coefficient (Wildman–Crippen LogP) is 5.57. The van der Waals surface area contributed by atoms with Crippen LogP contribution >= 0.6 is 11.6 Å². The van der Waals surface area contributed by atoms with Crippen LogP contribution in [0.5, 0.6) is 5.75 Å². The Labute approximate surface area is 129 Å². The van der Waals surface area contributed by atoms with Crippen molar-refractivity contribution < 1.29 is 13.5 Å². The first-order valence-electron chi connectivity index (χ1n) is 7.28. The minimum atomic E-state index is -2.86. The lowest BCUT2D eigenvalue weighted by Crippen LogP contribution is -2.36. The third-order valence-electron chi connectivity index (χ3n) is 4.19. The number of nitrogens with one attached hydrogen (secondary N) is 1. The summed E-state index contributed by atoms with van der Waals surface area (Å²) in [7, 11) is 0. The van der Waals surface area contributed by atoms with E-state index in [2.05, 4.69) is 30.8 Å². The average Bonchev–Trinajstić information content (AvgIpc) is 2.35. The summed E-state index contributed by atoms with van der Waals surface area (Å²) < 4.78 is 28.7. The molecule has 1 aromatic carbocycles. The summed E-state index contributed by atoms with van der Waals surface area (Å²) in [6, 6.07) is 5.24. The molecule has 0 heterocycles. The van der Waals surface area contributed by atoms with E-state index >= 15 is 0 Å². The Morgan fingerprint density at radius 2 is 2.10 bits per heavy atom. The SMILES string of the molecule is CC1CC(C)(C)CCC1Nc1ccc(OC(F)F)c(Cl)c1. The number of hydrogen-bond donors (Lipinski definition) is 1. The average molecular weight is 318 g/mol. The molecule has 0 aliphatic heterocycles. The molecule has 2 rings (SSSR count). The highest BCUT2D eigenvalue weighted by Crippen LogP contribution is 2.40. The van der Waals surface area contributed by atoms with Crippen molar-refractivity contribution in [3.63, 3.8) is 0 Å². The second-order valence-corrected chi connectivity index (χ2v) is 7.07. The molecular weight excluding hydrogens is 296 g/mol. The van der Waals surface area contributed by atoms with E-state index in [1.807, 2.05) is 0 Å². The highest BCUT2D eigenvalue weighted by atomic mass is 35.5. The number of benzene rings is 1. The Hall–Kier alpha value is -1.03. The minimum Gasteiger partial charge on any atom is -0.433 e. The molecule has 5 heteroatoms. The highest BCUT2D eigenvalue weighted by Gasteiger charge is 2.32. The fraction of sp³-hybridized carbons (Fsp3) is 0.625. The Morgan fingerprint density at radius 1 is 1.38 bits per heavy atom. The van der Waals surface area contributed by atoms with Gasteiger partial charge in [0.25, 0.3) is 0 Å². The van der Waals surface area contributed by atoms with Crippen molar-refractivity contribution in [1.82, 2.24) is 0 Å². The van der Waals surface area contributed by atoms with Gasteiger partial charge in [-0.25, -0.2) is 0 Å². The van der Waals surface area contributed by atoms with Gasteiger partial charge in [0.1, 0.15) is 5.75 Å². The van der Waals surface area contributed by atoms with Gasteiger partial charge in [-0.05, 0) is 48.8 Å². The number of anilines is 1. The van der Waals surface area contributed by atoms with Gasteiger partial charge in [-0.1, -0.05) is 32.4 Å². The monoisotopic (exact) mass is 317 g/mol. The van der Waals surface area contributed by atoms with Gasteiger partial charge in [0, 0.05) is 11.7 Å². The van der Waals surface area contributed by atoms with E-state index < -0.39 is 6.61 Å². The maximum absolute atomic E-state index is 12.2. The summed E-state index contributed by atoms with van der Waals surface area (Å²) in [4.78, 5) is 0. The van der Waals surface area contributed by atoms with Crippen molar-refractivity contribution in [2.45, 2.75) is 52.7 Å². The fourth-order valence-electron chi connectivity index (χ4n) is 3.16. The number of halogens is 3. The molecule has 0 amide bonds. The van der Waals surface area contributed by atoms with Crippen LogP contribution < -0.4 is 10.1 Å². The zero-order valence-electron chi connectivity index (χ0n) is 12.6. The molecule has 0 radical (unpaired) electrons. The van der Waals surface area contributed by atoms with Crippen LogP contribution in [-0.2, 0) is 0 Å². The first kappa shape index (κ1) is 16.3. The number of ether oxygens (including phenoxy) is 1. The molecule has 1 aromatic rings. The van der Waals surface area contributed by atoms with Gasteiger partial charge in [0.2, 0.25) is 0 Å². The summed E-state index contributed by atoms with van der Waals surface area (Å²) in [5.41, 5.74) is 1.24. The van der Waals surface area contributed by atoms with Crippen LogP contribution in [0.2, 0.25) is 5.02 Å². The molecule has 2 atom stereocenters. The Kier molecular flexibility index (Phi) is 4.97. The molecule has 2 nitrogen and oxygen atoms in total. The smallest absolute Gasteiger partial charge is 0.387 e. The van der Waals surface area contributed by atoms with Gasteiger partial charge < -0.3 is 10.1 Å². The fourth-order valence-corrected chi connectivity index (χ4v) is 3.38. The van der Waals surface area contributed by atoms with Crippen LogP contribution in [0.1, 0.15) is 40.0 Å². The van der Waals surface area contributed by atoms with Crippen LogP contribution in [0.25, 0.3) is 0 Å². The molecule has 2 unspecified atom stereocenters. The third-order valence-corrected chi connectivity index (χ3v) is 4.49. The first-order chi connectivity index (χ1) is 9.77. The summed E-state index contributed by atoms with van der Waals surface area (Å²) in [5, 5.41) is 3.66. The van der Waals surface area contributed by atoms with E-state index in [-0.39, 0.29) is 10.8 Å². The van der Waals surface area contributed by atoms with Crippen molar-refractivity contribution in [1.29, 1.82) is 0 Å². The summed E-state index contributed by atoms with van der Waals surface area (Å²) in [6.45, 7) is 3.98. The van der Waals surface area contributed by atoms with Gasteiger partial charge >= 0.3 is 6.61 Å². The van der Waals surface area contributed by atoms with E-state index in [1.165, 1.54) is 18.9 Å². The number of rotatable bonds is 4. The largest absolute Gasteiger partial charge is 0.433 e. The maximum atomic E-state index is 12.2. The lowest BCUT2D eigenvalue weighted by molar-refractivity contribution is -0.0497. The molecule has 0 spiro atoms. The molecule has 1 aliphatic rings. The van der Waals surface area contributed by atoms with E-state index in [9.17, 15) is 8.78 Å². The van der Waals surface area contributed by atoms with E-state index in [1.54, 1.807) is 12.1 Å². The van der Waals surface area contributed by atoms with Gasteiger partial charge in [0.05, 0.1) is 5.02 Å². The summed E-state index contributed by atoms with van der Waals surface area (Å²) in [6.07, 6.45) is 3.45. The van der Waals surface area contributed by atoms with Gasteiger partial charge in [-0.2, -0.15) is 8.78 Å². The maximum Gasteiger partial charge on any atom is 0.387 e.